The lowest BCUT2D eigenvalue weighted by Crippen LogP contribution is -2.35. The molecule has 12 heteroatoms. The first-order chi connectivity index (χ1) is 20.5. The van der Waals surface area contributed by atoms with Gasteiger partial charge in [-0.25, -0.2) is 4.98 Å². The molecule has 1 aliphatic heterocycles. The molecule has 5 aromatic rings. The number of amides is 1. The van der Waals surface area contributed by atoms with Crippen LogP contribution in [0, 0.1) is 0 Å². The molecule has 1 amide bonds. The molecule has 0 aliphatic carbocycles. The van der Waals surface area contributed by atoms with Crippen LogP contribution in [0.1, 0.15) is 21.5 Å². The van der Waals surface area contributed by atoms with Crippen molar-refractivity contribution in [2.24, 2.45) is 0 Å². The van der Waals surface area contributed by atoms with Crippen LogP contribution in [0.25, 0.3) is 11.2 Å². The van der Waals surface area contributed by atoms with Crippen LogP contribution >= 0.6 is 11.6 Å². The molecular formula is C30H29ClN8O3. The summed E-state index contributed by atoms with van der Waals surface area (Å²) in [4.78, 5) is 34.8. The maximum absolute atomic E-state index is 12.8. The normalized spacial score (nSPS) is 12.0. The van der Waals surface area contributed by atoms with Gasteiger partial charge in [0.05, 0.1) is 18.4 Å². The van der Waals surface area contributed by atoms with Crippen LogP contribution in [0.5, 0.6) is 11.5 Å². The summed E-state index contributed by atoms with van der Waals surface area (Å²) in [6, 6.07) is 17.0. The first kappa shape index (κ1) is 27.3. The predicted octanol–water partition coefficient (Wildman–Crippen LogP) is 4.47. The number of ether oxygens (including phenoxy) is 2. The molecule has 214 valence electrons. The summed E-state index contributed by atoms with van der Waals surface area (Å²) in [5, 5.41) is 4.11. The van der Waals surface area contributed by atoms with Gasteiger partial charge in [-0.15, -0.1) is 0 Å². The van der Waals surface area contributed by atoms with E-state index in [2.05, 4.69) is 15.3 Å². The summed E-state index contributed by atoms with van der Waals surface area (Å²) in [6.45, 7) is 2.19. The van der Waals surface area contributed by atoms with Gasteiger partial charge in [0.25, 0.3) is 5.91 Å². The quantitative estimate of drug-likeness (QED) is 0.254. The Balaban J connectivity index is 1.26. The van der Waals surface area contributed by atoms with Crippen molar-refractivity contribution in [2.75, 3.05) is 44.2 Å². The van der Waals surface area contributed by atoms with E-state index in [-0.39, 0.29) is 12.7 Å². The minimum atomic E-state index is -0.100. The Kier molecular flexibility index (Phi) is 7.74. The van der Waals surface area contributed by atoms with E-state index in [1.165, 1.54) is 0 Å². The average molecular weight is 585 g/mol. The zero-order valence-corrected chi connectivity index (χ0v) is 24.0. The van der Waals surface area contributed by atoms with Crippen LogP contribution in [0.2, 0.25) is 5.02 Å². The molecule has 0 atom stereocenters. The average Bonchev–Trinajstić information content (AvgIpc) is 3.66. The second kappa shape index (κ2) is 11.9. The van der Waals surface area contributed by atoms with E-state index in [0.29, 0.717) is 59.7 Å². The fourth-order valence-corrected chi connectivity index (χ4v) is 4.80. The predicted molar refractivity (Wildman–Crippen MR) is 160 cm³/mol. The summed E-state index contributed by atoms with van der Waals surface area (Å²) >= 11 is 6.46. The van der Waals surface area contributed by atoms with Gasteiger partial charge in [-0.2, -0.15) is 9.97 Å². The van der Waals surface area contributed by atoms with Crippen LogP contribution in [0.15, 0.2) is 73.3 Å². The van der Waals surface area contributed by atoms with E-state index in [4.69, 9.17) is 31.0 Å². The van der Waals surface area contributed by atoms with Gasteiger partial charge in [-0.05, 0) is 41.5 Å². The number of hydrogen-bond acceptors (Lipinski definition) is 9. The second-order valence-electron chi connectivity index (χ2n) is 9.94. The number of nitrogens with one attached hydrogen (secondary N) is 1. The van der Waals surface area contributed by atoms with E-state index < -0.39 is 0 Å². The van der Waals surface area contributed by atoms with Gasteiger partial charge in [0.1, 0.15) is 0 Å². The SMILES string of the molecule is CN(CCN(C)c1nc(NCc2ccc3c(c2)OCO3)c2ncn(Cc3ccccc3Cl)c2n1)C(=O)c1cccnc1. The number of likely N-dealkylation sites (N-methyl/N-ethyl adjacent to an activating group) is 2. The van der Waals surface area contributed by atoms with Crippen molar-refractivity contribution in [2.45, 2.75) is 13.1 Å². The molecule has 4 heterocycles. The Morgan fingerprint density at radius 2 is 1.90 bits per heavy atom. The molecule has 42 heavy (non-hydrogen) atoms. The van der Waals surface area contributed by atoms with Crippen molar-refractivity contribution in [3.8, 4) is 11.5 Å². The molecule has 0 fully saturated rings. The van der Waals surface area contributed by atoms with E-state index in [9.17, 15) is 4.79 Å². The third-order valence-electron chi connectivity index (χ3n) is 7.01. The molecule has 3 aromatic heterocycles. The molecule has 0 saturated heterocycles. The van der Waals surface area contributed by atoms with Gasteiger partial charge in [0.15, 0.2) is 28.5 Å². The topological polar surface area (TPSA) is 111 Å². The van der Waals surface area contributed by atoms with Gasteiger partial charge in [0.2, 0.25) is 12.7 Å². The number of rotatable bonds is 10. The first-order valence-electron chi connectivity index (χ1n) is 13.4. The Morgan fingerprint density at radius 3 is 2.74 bits per heavy atom. The molecule has 0 bridgehead atoms. The van der Waals surface area contributed by atoms with Gasteiger partial charge >= 0.3 is 0 Å². The molecule has 1 N–H and O–H groups in total. The van der Waals surface area contributed by atoms with Crippen molar-refractivity contribution in [1.29, 1.82) is 0 Å². The van der Waals surface area contributed by atoms with Crippen molar-refractivity contribution >= 4 is 40.4 Å². The maximum atomic E-state index is 12.8. The lowest BCUT2D eigenvalue weighted by atomic mass is 10.2. The van der Waals surface area contributed by atoms with Crippen LogP contribution in [-0.2, 0) is 13.1 Å². The first-order valence-corrected chi connectivity index (χ1v) is 13.8. The van der Waals surface area contributed by atoms with Crippen molar-refractivity contribution in [3.05, 3.63) is 95.0 Å². The number of fused-ring (bicyclic) bond motifs is 2. The summed E-state index contributed by atoms with van der Waals surface area (Å²) in [6.07, 6.45) is 4.96. The molecule has 0 unspecified atom stereocenters. The number of imidazole rings is 1. The lowest BCUT2D eigenvalue weighted by molar-refractivity contribution is 0.0798. The number of hydrogen-bond donors (Lipinski definition) is 1. The number of pyridine rings is 1. The van der Waals surface area contributed by atoms with Gasteiger partial charge < -0.3 is 29.2 Å². The fourth-order valence-electron chi connectivity index (χ4n) is 4.60. The molecule has 11 nitrogen and oxygen atoms in total. The molecule has 0 radical (unpaired) electrons. The largest absolute Gasteiger partial charge is 0.454 e. The monoisotopic (exact) mass is 584 g/mol. The van der Waals surface area contributed by atoms with Gasteiger partial charge in [-0.1, -0.05) is 35.9 Å². The summed E-state index contributed by atoms with van der Waals surface area (Å²) in [5.74, 6) is 2.45. The highest BCUT2D eigenvalue weighted by molar-refractivity contribution is 6.31. The number of carbonyl (C=O) groups is 1. The lowest BCUT2D eigenvalue weighted by Gasteiger charge is -2.23. The third-order valence-corrected chi connectivity index (χ3v) is 7.38. The van der Waals surface area contributed by atoms with Gasteiger partial charge in [0, 0.05) is 51.1 Å². The maximum Gasteiger partial charge on any atom is 0.255 e. The third kappa shape index (κ3) is 5.77. The van der Waals surface area contributed by atoms with Crippen LogP contribution < -0.4 is 19.7 Å². The Bertz CT molecular complexity index is 1730. The molecule has 0 saturated carbocycles. The van der Waals surface area contributed by atoms with E-state index in [1.54, 1.807) is 42.8 Å². The van der Waals surface area contributed by atoms with Crippen molar-refractivity contribution in [1.82, 2.24) is 29.4 Å². The minimum Gasteiger partial charge on any atom is -0.454 e. The van der Waals surface area contributed by atoms with Crippen molar-refractivity contribution in [3.63, 3.8) is 0 Å². The van der Waals surface area contributed by atoms with E-state index >= 15 is 0 Å². The standard InChI is InChI=1S/C30H29ClN8O3/c1-37(29(40)21-7-5-11-32-16-21)12-13-38(2)30-35-27(33-15-20-9-10-24-25(14-20)42-19-41-24)26-28(36-30)39(18-34-26)17-22-6-3-4-8-23(22)31/h3-11,14,16,18H,12-13,15,17,19H2,1-2H3,(H,33,35,36). The number of carbonyl (C=O) groups excluding carboxylic acids is 1. The van der Waals surface area contributed by atoms with Gasteiger partial charge in [-0.3, -0.25) is 9.78 Å². The second-order valence-corrected chi connectivity index (χ2v) is 10.3. The van der Waals surface area contributed by atoms with Crippen molar-refractivity contribution < 1.29 is 14.3 Å². The summed E-state index contributed by atoms with van der Waals surface area (Å²) in [7, 11) is 3.67. The molecular weight excluding hydrogens is 556 g/mol. The zero-order valence-electron chi connectivity index (χ0n) is 23.2. The molecule has 6 rings (SSSR count). The fraction of sp³-hybridized carbons (Fsp3) is 0.233. The van der Waals surface area contributed by atoms with E-state index in [1.807, 2.05) is 59.0 Å². The molecule has 2 aromatic carbocycles. The minimum absolute atomic E-state index is 0.100. The Morgan fingerprint density at radius 1 is 1.05 bits per heavy atom. The number of anilines is 2. The Hall–Kier alpha value is -4.90. The highest BCUT2D eigenvalue weighted by atomic mass is 35.5. The highest BCUT2D eigenvalue weighted by Crippen LogP contribution is 2.33. The van der Waals surface area contributed by atoms with Crippen LogP contribution in [0.3, 0.4) is 0 Å². The summed E-state index contributed by atoms with van der Waals surface area (Å²) in [5.41, 5.74) is 3.81. The van der Waals surface area contributed by atoms with E-state index in [0.717, 1.165) is 22.6 Å². The zero-order chi connectivity index (χ0) is 29.1. The molecule has 0 spiro atoms. The number of aromatic nitrogens is 5. The number of nitrogens with zero attached hydrogens (tertiary/aromatic N) is 7. The molecule has 1 aliphatic rings. The van der Waals surface area contributed by atoms with Crippen LogP contribution in [-0.4, -0.2) is 69.3 Å². The van der Waals surface area contributed by atoms with Crippen LogP contribution in [0.4, 0.5) is 11.8 Å². The smallest absolute Gasteiger partial charge is 0.255 e. The number of halogens is 1. The Labute approximate surface area is 247 Å². The summed E-state index contributed by atoms with van der Waals surface area (Å²) < 4.78 is 12.9. The number of benzene rings is 2. The highest BCUT2D eigenvalue weighted by Gasteiger charge is 2.19.